The molecule has 178 valence electrons. The summed E-state index contributed by atoms with van der Waals surface area (Å²) in [6.07, 6.45) is 0.793. The monoisotopic (exact) mass is 490 g/mol. The third-order valence-electron chi connectivity index (χ3n) is 4.45. The standard InChI is InChI=1S/C21H18N2O10S/c1-3-31-21(26)19-18(13-6-4-5-7-15(13)33-19)22-17(24)11-32-20(25)12-8-9-16(34(2,29)30)14(10-12)23(27)28/h4-10H,3,11H2,1-2H3,(H,22,24). The molecule has 0 saturated heterocycles. The van der Waals surface area contributed by atoms with Crippen LogP contribution in [0, 0.1) is 10.1 Å². The van der Waals surface area contributed by atoms with E-state index < -0.39 is 49.8 Å². The summed E-state index contributed by atoms with van der Waals surface area (Å²) in [4.78, 5) is 46.6. The Labute approximate surface area is 192 Å². The number of hydrogen-bond acceptors (Lipinski definition) is 10. The van der Waals surface area contributed by atoms with E-state index in [0.717, 1.165) is 24.5 Å². The molecular weight excluding hydrogens is 472 g/mol. The van der Waals surface area contributed by atoms with Gasteiger partial charge in [-0.05, 0) is 31.2 Å². The third kappa shape index (κ3) is 5.20. The van der Waals surface area contributed by atoms with E-state index in [2.05, 4.69) is 5.32 Å². The third-order valence-corrected chi connectivity index (χ3v) is 5.59. The van der Waals surface area contributed by atoms with E-state index in [1.54, 1.807) is 31.2 Å². The van der Waals surface area contributed by atoms with E-state index in [4.69, 9.17) is 13.9 Å². The second-order valence-corrected chi connectivity index (χ2v) is 8.84. The van der Waals surface area contributed by atoms with E-state index in [1.165, 1.54) is 0 Å². The topological polar surface area (TPSA) is 172 Å². The van der Waals surface area contributed by atoms with Crippen molar-refractivity contribution in [1.82, 2.24) is 0 Å². The van der Waals surface area contributed by atoms with Gasteiger partial charge in [-0.25, -0.2) is 18.0 Å². The average molecular weight is 490 g/mol. The van der Waals surface area contributed by atoms with Gasteiger partial charge in [0.1, 0.15) is 16.2 Å². The molecule has 0 bridgehead atoms. The first-order chi connectivity index (χ1) is 16.0. The fourth-order valence-corrected chi connectivity index (χ4v) is 3.83. The van der Waals surface area contributed by atoms with Gasteiger partial charge in [0.15, 0.2) is 16.4 Å². The van der Waals surface area contributed by atoms with E-state index in [1.807, 2.05) is 0 Å². The molecule has 0 fully saturated rings. The quantitative estimate of drug-likeness (QED) is 0.281. The van der Waals surface area contributed by atoms with Gasteiger partial charge in [-0.2, -0.15) is 0 Å². The number of sulfone groups is 1. The molecule has 0 spiro atoms. The number of esters is 2. The van der Waals surface area contributed by atoms with Crippen molar-refractivity contribution >= 4 is 50.0 Å². The first-order valence-corrected chi connectivity index (χ1v) is 11.6. The molecule has 0 aliphatic rings. The predicted molar refractivity (Wildman–Crippen MR) is 117 cm³/mol. The number of nitrogens with one attached hydrogen (secondary N) is 1. The fraction of sp³-hybridized carbons (Fsp3) is 0.190. The van der Waals surface area contributed by atoms with Gasteiger partial charge in [-0.1, -0.05) is 12.1 Å². The van der Waals surface area contributed by atoms with Gasteiger partial charge in [-0.15, -0.1) is 0 Å². The Morgan fingerprint density at radius 1 is 1.09 bits per heavy atom. The molecule has 0 atom stereocenters. The summed E-state index contributed by atoms with van der Waals surface area (Å²) in [5.74, 6) is -2.97. The van der Waals surface area contributed by atoms with E-state index >= 15 is 0 Å². The van der Waals surface area contributed by atoms with Crippen LogP contribution in [-0.4, -0.2) is 50.7 Å². The Bertz CT molecular complexity index is 1410. The van der Waals surface area contributed by atoms with Gasteiger partial charge in [0.25, 0.3) is 11.6 Å². The average Bonchev–Trinajstić information content (AvgIpc) is 3.15. The molecule has 0 aliphatic carbocycles. The first-order valence-electron chi connectivity index (χ1n) is 9.67. The number of furan rings is 1. The number of nitrogens with zero attached hydrogens (tertiary/aromatic N) is 1. The molecule has 2 aromatic carbocycles. The Morgan fingerprint density at radius 2 is 1.79 bits per heavy atom. The number of anilines is 1. The summed E-state index contributed by atoms with van der Waals surface area (Å²) in [7, 11) is -3.91. The van der Waals surface area contributed by atoms with Gasteiger partial charge in [0.05, 0.1) is 17.1 Å². The highest BCUT2D eigenvalue weighted by Gasteiger charge is 2.26. The van der Waals surface area contributed by atoms with Crippen LogP contribution in [0.1, 0.15) is 27.8 Å². The number of benzene rings is 2. The van der Waals surface area contributed by atoms with E-state index in [9.17, 15) is 32.9 Å². The van der Waals surface area contributed by atoms with Crippen molar-refractivity contribution in [3.63, 3.8) is 0 Å². The lowest BCUT2D eigenvalue weighted by molar-refractivity contribution is -0.387. The van der Waals surface area contributed by atoms with Crippen molar-refractivity contribution in [2.75, 3.05) is 24.8 Å². The molecule has 0 aliphatic heterocycles. The molecule has 1 aromatic heterocycles. The summed E-state index contributed by atoms with van der Waals surface area (Å²) in [5.41, 5.74) is -0.780. The molecular formula is C21H18N2O10S. The molecule has 12 nitrogen and oxygen atoms in total. The van der Waals surface area contributed by atoms with Crippen LogP contribution in [0.25, 0.3) is 11.0 Å². The molecule has 13 heteroatoms. The van der Waals surface area contributed by atoms with Crippen LogP contribution in [0.2, 0.25) is 0 Å². The van der Waals surface area contributed by atoms with Crippen LogP contribution < -0.4 is 5.32 Å². The summed E-state index contributed by atoms with van der Waals surface area (Å²) in [6.45, 7) is 0.873. The minimum absolute atomic E-state index is 0.0308. The molecule has 1 amide bonds. The summed E-state index contributed by atoms with van der Waals surface area (Å²) < 4.78 is 38.7. The number of fused-ring (bicyclic) bond motifs is 1. The molecule has 0 saturated carbocycles. The van der Waals surface area contributed by atoms with Gasteiger partial charge in [0, 0.05) is 17.7 Å². The minimum Gasteiger partial charge on any atom is -0.460 e. The maximum Gasteiger partial charge on any atom is 0.376 e. The molecule has 1 heterocycles. The number of nitro groups is 1. The molecule has 0 radical (unpaired) electrons. The van der Waals surface area contributed by atoms with Crippen LogP contribution in [0.15, 0.2) is 51.8 Å². The Kier molecular flexibility index (Phi) is 6.96. The second kappa shape index (κ2) is 9.70. The number of ether oxygens (including phenoxy) is 2. The summed E-state index contributed by atoms with van der Waals surface area (Å²) in [5, 5.41) is 14.1. The van der Waals surface area contributed by atoms with Gasteiger partial charge >= 0.3 is 11.9 Å². The van der Waals surface area contributed by atoms with Crippen molar-refractivity contribution in [2.45, 2.75) is 11.8 Å². The predicted octanol–water partition coefficient (Wildman–Crippen LogP) is 2.72. The summed E-state index contributed by atoms with van der Waals surface area (Å²) in [6, 6.07) is 9.21. The molecule has 0 unspecified atom stereocenters. The van der Waals surface area contributed by atoms with Crippen LogP contribution in [0.3, 0.4) is 0 Å². The minimum atomic E-state index is -3.91. The fourth-order valence-electron chi connectivity index (χ4n) is 3.00. The Hall–Kier alpha value is -4.26. The Balaban J connectivity index is 1.77. The smallest absolute Gasteiger partial charge is 0.376 e. The zero-order valence-corrected chi connectivity index (χ0v) is 18.7. The van der Waals surface area contributed by atoms with Crippen molar-refractivity contribution in [1.29, 1.82) is 0 Å². The molecule has 3 aromatic rings. The first kappa shape index (κ1) is 24.4. The molecule has 1 N–H and O–H groups in total. The van der Waals surface area contributed by atoms with Crippen LogP contribution in [-0.2, 0) is 24.1 Å². The number of rotatable bonds is 8. The number of amides is 1. The van der Waals surface area contributed by atoms with Crippen molar-refractivity contribution in [2.24, 2.45) is 0 Å². The van der Waals surface area contributed by atoms with Crippen molar-refractivity contribution in [3.05, 3.63) is 63.9 Å². The van der Waals surface area contributed by atoms with Crippen LogP contribution >= 0.6 is 0 Å². The van der Waals surface area contributed by atoms with Crippen LogP contribution in [0.4, 0.5) is 11.4 Å². The maximum absolute atomic E-state index is 12.4. The number of carbonyl (C=O) groups is 3. The lowest BCUT2D eigenvalue weighted by atomic mass is 10.2. The molecule has 3 rings (SSSR count). The normalized spacial score (nSPS) is 11.1. The maximum atomic E-state index is 12.4. The zero-order valence-electron chi connectivity index (χ0n) is 17.9. The second-order valence-electron chi connectivity index (χ2n) is 6.86. The lowest BCUT2D eigenvalue weighted by Gasteiger charge is -2.08. The van der Waals surface area contributed by atoms with Gasteiger partial charge < -0.3 is 19.2 Å². The lowest BCUT2D eigenvalue weighted by Crippen LogP contribution is -2.22. The zero-order chi connectivity index (χ0) is 25.0. The number of carbonyl (C=O) groups excluding carboxylic acids is 3. The highest BCUT2D eigenvalue weighted by Crippen LogP contribution is 2.31. The van der Waals surface area contributed by atoms with Crippen LogP contribution in [0.5, 0.6) is 0 Å². The van der Waals surface area contributed by atoms with Crippen molar-refractivity contribution < 1.29 is 41.6 Å². The largest absolute Gasteiger partial charge is 0.460 e. The van der Waals surface area contributed by atoms with Gasteiger partial charge in [-0.3, -0.25) is 14.9 Å². The van der Waals surface area contributed by atoms with Crippen molar-refractivity contribution in [3.8, 4) is 0 Å². The molecule has 34 heavy (non-hydrogen) atoms. The van der Waals surface area contributed by atoms with Gasteiger partial charge in [0.2, 0.25) is 5.76 Å². The van der Waals surface area contributed by atoms with E-state index in [-0.39, 0.29) is 23.6 Å². The summed E-state index contributed by atoms with van der Waals surface area (Å²) >= 11 is 0. The number of hydrogen-bond donors (Lipinski definition) is 1. The Morgan fingerprint density at radius 3 is 2.44 bits per heavy atom. The SMILES string of the molecule is CCOC(=O)c1oc2ccccc2c1NC(=O)COC(=O)c1ccc(S(C)(=O)=O)c([N+](=O)[O-])c1. The highest BCUT2D eigenvalue weighted by molar-refractivity contribution is 7.90. The van der Waals surface area contributed by atoms with E-state index in [0.29, 0.717) is 11.0 Å². The number of para-hydroxylation sites is 1. The number of nitro benzene ring substituents is 1. The highest BCUT2D eigenvalue weighted by atomic mass is 32.2.